The highest BCUT2D eigenvalue weighted by Gasteiger charge is 2.23. The molecule has 48 heavy (non-hydrogen) atoms. The van der Waals surface area contributed by atoms with Crippen molar-refractivity contribution in [3.05, 3.63) is 155 Å². The second-order valence-corrected chi connectivity index (χ2v) is 11.9. The molecule has 3 amide bonds. The van der Waals surface area contributed by atoms with Crippen LogP contribution in [0.25, 0.3) is 6.08 Å². The molecular formula is C39H35N3O5S. The van der Waals surface area contributed by atoms with Crippen LogP contribution in [-0.4, -0.2) is 31.9 Å². The largest absolute Gasteiger partial charge is 0.493 e. The predicted molar refractivity (Wildman–Crippen MR) is 191 cm³/mol. The molecule has 0 aliphatic heterocycles. The third kappa shape index (κ3) is 8.71. The average Bonchev–Trinajstić information content (AvgIpc) is 3.12. The van der Waals surface area contributed by atoms with Crippen molar-refractivity contribution >= 4 is 46.9 Å². The Labute approximate surface area is 284 Å². The summed E-state index contributed by atoms with van der Waals surface area (Å²) in [7, 11) is 3.06. The number of nitrogens with one attached hydrogen (secondary N) is 3. The molecule has 0 saturated carbocycles. The van der Waals surface area contributed by atoms with Gasteiger partial charge in [0, 0.05) is 21.8 Å². The van der Waals surface area contributed by atoms with Crippen molar-refractivity contribution in [3.8, 4) is 11.5 Å². The normalized spacial score (nSPS) is 11.6. The number of amides is 3. The summed E-state index contributed by atoms with van der Waals surface area (Å²) < 4.78 is 10.7. The predicted octanol–water partition coefficient (Wildman–Crippen LogP) is 7.89. The average molecular weight is 658 g/mol. The Bertz CT molecular complexity index is 1910. The zero-order valence-corrected chi connectivity index (χ0v) is 27.5. The first-order valence-electron chi connectivity index (χ1n) is 15.1. The van der Waals surface area contributed by atoms with E-state index in [1.54, 1.807) is 60.7 Å². The van der Waals surface area contributed by atoms with Crippen LogP contribution in [0.15, 0.2) is 138 Å². The summed E-state index contributed by atoms with van der Waals surface area (Å²) in [6.07, 6.45) is 1.57. The van der Waals surface area contributed by atoms with Gasteiger partial charge in [-0.3, -0.25) is 14.4 Å². The van der Waals surface area contributed by atoms with E-state index in [-0.39, 0.29) is 11.6 Å². The van der Waals surface area contributed by atoms with Crippen LogP contribution in [0.5, 0.6) is 11.5 Å². The second kappa shape index (κ2) is 16.2. The molecule has 5 rings (SSSR count). The highest BCUT2D eigenvalue weighted by atomic mass is 32.2. The fourth-order valence-corrected chi connectivity index (χ4v) is 5.84. The van der Waals surface area contributed by atoms with E-state index in [1.807, 2.05) is 79.7 Å². The lowest BCUT2D eigenvalue weighted by Gasteiger charge is -2.18. The highest BCUT2D eigenvalue weighted by molar-refractivity contribution is 8.00. The van der Waals surface area contributed by atoms with Crippen LogP contribution in [0.1, 0.15) is 32.3 Å². The van der Waals surface area contributed by atoms with Crippen LogP contribution in [-0.2, 0) is 9.59 Å². The third-order valence-corrected chi connectivity index (χ3v) is 8.62. The minimum Gasteiger partial charge on any atom is -0.493 e. The molecule has 0 bridgehead atoms. The standard InChI is InChI=1S/C39H35N3O5S/c1-26-12-10-11-17-32(26)41-39(45)36(28-13-6-4-7-14-28)48-31-21-19-30(20-22-31)40-38(44)33(42-37(43)29-15-8-5-9-16-29)24-27-18-23-34(46-2)35(25-27)47-3/h4-25,36H,1-3H3,(H,40,44)(H,41,45)(H,42,43)/b33-24-. The molecule has 0 fully saturated rings. The lowest BCUT2D eigenvalue weighted by atomic mass is 10.1. The Kier molecular flexibility index (Phi) is 11.3. The van der Waals surface area contributed by atoms with Crippen molar-refractivity contribution in [2.75, 3.05) is 24.9 Å². The van der Waals surface area contributed by atoms with Gasteiger partial charge in [-0.2, -0.15) is 0 Å². The molecule has 0 spiro atoms. The molecule has 0 aliphatic rings. The molecule has 242 valence electrons. The van der Waals surface area contributed by atoms with E-state index in [0.29, 0.717) is 28.3 Å². The van der Waals surface area contributed by atoms with E-state index in [9.17, 15) is 14.4 Å². The Morgan fingerprint density at radius 2 is 1.35 bits per heavy atom. The summed E-state index contributed by atoms with van der Waals surface area (Å²) in [5, 5.41) is 8.18. The molecule has 1 unspecified atom stereocenters. The first-order chi connectivity index (χ1) is 23.3. The molecule has 1 atom stereocenters. The molecule has 8 nitrogen and oxygen atoms in total. The Balaban J connectivity index is 1.35. The number of carbonyl (C=O) groups is 3. The van der Waals surface area contributed by atoms with E-state index in [1.165, 1.54) is 26.0 Å². The molecule has 3 N–H and O–H groups in total. The van der Waals surface area contributed by atoms with Gasteiger partial charge >= 0.3 is 0 Å². The summed E-state index contributed by atoms with van der Waals surface area (Å²) in [5.74, 6) is -0.0738. The zero-order chi connectivity index (χ0) is 33.9. The summed E-state index contributed by atoms with van der Waals surface area (Å²) in [5.41, 5.74) is 4.17. The third-order valence-electron chi connectivity index (χ3n) is 7.36. The summed E-state index contributed by atoms with van der Waals surface area (Å²) in [6, 6.07) is 38.3. The van der Waals surface area contributed by atoms with E-state index >= 15 is 0 Å². The molecule has 0 saturated heterocycles. The van der Waals surface area contributed by atoms with E-state index in [4.69, 9.17) is 9.47 Å². The van der Waals surface area contributed by atoms with E-state index < -0.39 is 17.1 Å². The summed E-state index contributed by atoms with van der Waals surface area (Å²) in [4.78, 5) is 41.0. The van der Waals surface area contributed by atoms with Gasteiger partial charge in [-0.05, 0) is 84.3 Å². The quantitative estimate of drug-likeness (QED) is 0.0931. The highest BCUT2D eigenvalue weighted by Crippen LogP contribution is 2.37. The van der Waals surface area contributed by atoms with Crippen LogP contribution < -0.4 is 25.4 Å². The number of thioether (sulfide) groups is 1. The van der Waals surface area contributed by atoms with Gasteiger partial charge in [-0.1, -0.05) is 72.8 Å². The van der Waals surface area contributed by atoms with Crippen LogP contribution in [0.4, 0.5) is 11.4 Å². The van der Waals surface area contributed by atoms with Gasteiger partial charge in [0.15, 0.2) is 11.5 Å². The number of rotatable bonds is 12. The van der Waals surface area contributed by atoms with Gasteiger partial charge in [0.2, 0.25) is 5.91 Å². The molecule has 9 heteroatoms. The van der Waals surface area contributed by atoms with Crippen molar-refractivity contribution in [2.24, 2.45) is 0 Å². The first kappa shape index (κ1) is 33.6. The number of hydrogen-bond donors (Lipinski definition) is 3. The van der Waals surface area contributed by atoms with Gasteiger partial charge in [-0.25, -0.2) is 0 Å². The molecule has 5 aromatic carbocycles. The van der Waals surface area contributed by atoms with Crippen molar-refractivity contribution in [3.63, 3.8) is 0 Å². The number of aryl methyl sites for hydroxylation is 1. The number of hydrogen-bond acceptors (Lipinski definition) is 6. The number of anilines is 2. The number of carbonyl (C=O) groups excluding carboxylic acids is 3. The first-order valence-corrected chi connectivity index (χ1v) is 16.0. The van der Waals surface area contributed by atoms with Crippen LogP contribution in [0.2, 0.25) is 0 Å². The number of methoxy groups -OCH3 is 2. The smallest absolute Gasteiger partial charge is 0.272 e. The molecule has 0 aliphatic carbocycles. The van der Waals surface area contributed by atoms with Crippen molar-refractivity contribution in [1.29, 1.82) is 0 Å². The van der Waals surface area contributed by atoms with Crippen LogP contribution in [0.3, 0.4) is 0 Å². The van der Waals surface area contributed by atoms with Gasteiger partial charge in [0.1, 0.15) is 10.9 Å². The SMILES string of the molecule is COc1ccc(/C=C(\NC(=O)c2ccccc2)C(=O)Nc2ccc(SC(C(=O)Nc3ccccc3C)c3ccccc3)cc2)cc1OC. The summed E-state index contributed by atoms with van der Waals surface area (Å²) >= 11 is 1.41. The maximum atomic E-state index is 13.6. The van der Waals surface area contributed by atoms with Crippen LogP contribution >= 0.6 is 11.8 Å². The lowest BCUT2D eigenvalue weighted by molar-refractivity contribution is -0.116. The minimum atomic E-state index is -0.519. The number of ether oxygens (including phenoxy) is 2. The van der Waals surface area contributed by atoms with Gasteiger partial charge in [0.05, 0.1) is 14.2 Å². The molecular weight excluding hydrogens is 623 g/mol. The van der Waals surface area contributed by atoms with Gasteiger partial charge < -0.3 is 25.4 Å². The van der Waals surface area contributed by atoms with Gasteiger partial charge in [-0.15, -0.1) is 11.8 Å². The molecule has 0 heterocycles. The Hall–Kier alpha value is -5.80. The van der Waals surface area contributed by atoms with Crippen molar-refractivity contribution in [1.82, 2.24) is 5.32 Å². The summed E-state index contributed by atoms with van der Waals surface area (Å²) in [6.45, 7) is 1.95. The van der Waals surface area contributed by atoms with E-state index in [0.717, 1.165) is 21.7 Å². The molecule has 5 aromatic rings. The number of para-hydroxylation sites is 1. The zero-order valence-electron chi connectivity index (χ0n) is 26.7. The monoisotopic (exact) mass is 657 g/mol. The van der Waals surface area contributed by atoms with Crippen molar-refractivity contribution in [2.45, 2.75) is 17.1 Å². The Morgan fingerprint density at radius 3 is 2.02 bits per heavy atom. The van der Waals surface area contributed by atoms with Crippen LogP contribution in [0, 0.1) is 6.92 Å². The molecule has 0 aromatic heterocycles. The Morgan fingerprint density at radius 1 is 0.708 bits per heavy atom. The molecule has 0 radical (unpaired) electrons. The fourth-order valence-electron chi connectivity index (χ4n) is 4.82. The number of benzene rings is 5. The van der Waals surface area contributed by atoms with E-state index in [2.05, 4.69) is 16.0 Å². The second-order valence-electron chi connectivity index (χ2n) is 10.7. The minimum absolute atomic E-state index is 0.0338. The maximum Gasteiger partial charge on any atom is 0.272 e. The lowest BCUT2D eigenvalue weighted by Crippen LogP contribution is -2.30. The topological polar surface area (TPSA) is 106 Å². The fraction of sp³-hybridized carbons (Fsp3) is 0.103. The van der Waals surface area contributed by atoms with Gasteiger partial charge in [0.25, 0.3) is 11.8 Å². The maximum absolute atomic E-state index is 13.6. The van der Waals surface area contributed by atoms with Crippen molar-refractivity contribution < 1.29 is 23.9 Å².